The molecule has 5 rings (SSSR count). The van der Waals surface area contributed by atoms with Crippen LogP contribution in [0.25, 0.3) is 16.6 Å². The predicted octanol–water partition coefficient (Wildman–Crippen LogP) is 6.43. The van der Waals surface area contributed by atoms with Crippen molar-refractivity contribution in [3.8, 4) is 11.4 Å². The highest BCUT2D eigenvalue weighted by Crippen LogP contribution is 2.37. The van der Waals surface area contributed by atoms with Crippen molar-refractivity contribution in [1.82, 2.24) is 19.5 Å². The lowest BCUT2D eigenvalue weighted by atomic mass is 10.1. The predicted molar refractivity (Wildman–Crippen MR) is 159 cm³/mol. The fraction of sp³-hybridized carbons (Fsp3) is 0.357. The zero-order valence-corrected chi connectivity index (χ0v) is 24.8. The standard InChI is InChI=1S/C28H29Cl2N5O3.H2S/c1-17-13-22(34-12-10-31-16-34)18-7-5-9-23(25(18)33-17)37-15-19-20(29)14-32-26(24(19)30)35-11-6-8-21(35)27(36)38-28(2,3)4;/h5,7,9-10,12-14,16,21H,6,8,11,15H2,1-4H3;1H2/t21-;/m0./s1. The third-order valence-corrected chi connectivity index (χ3v) is 7.04. The van der Waals surface area contributed by atoms with Gasteiger partial charge in [0, 0.05) is 41.8 Å². The number of para-hydroxylation sites is 1. The Kier molecular flexibility index (Phi) is 8.63. The lowest BCUT2D eigenvalue weighted by Gasteiger charge is -2.29. The minimum absolute atomic E-state index is 0. The fourth-order valence-electron chi connectivity index (χ4n) is 4.67. The average molecular weight is 589 g/mol. The summed E-state index contributed by atoms with van der Waals surface area (Å²) in [5, 5.41) is 1.67. The first-order valence-corrected chi connectivity index (χ1v) is 13.2. The number of anilines is 1. The van der Waals surface area contributed by atoms with Crippen molar-refractivity contribution in [3.63, 3.8) is 0 Å². The van der Waals surface area contributed by atoms with Crippen LogP contribution in [0.3, 0.4) is 0 Å². The summed E-state index contributed by atoms with van der Waals surface area (Å²) in [5.41, 5.74) is 2.54. The largest absolute Gasteiger partial charge is 0.487 e. The number of aryl methyl sites for hydroxylation is 1. The summed E-state index contributed by atoms with van der Waals surface area (Å²) >= 11 is 13.4. The van der Waals surface area contributed by atoms with E-state index in [0.29, 0.717) is 40.1 Å². The van der Waals surface area contributed by atoms with Crippen LogP contribution in [0.5, 0.6) is 5.75 Å². The van der Waals surface area contributed by atoms with Crippen molar-refractivity contribution in [1.29, 1.82) is 0 Å². The third kappa shape index (κ3) is 6.10. The zero-order chi connectivity index (χ0) is 27.0. The number of carbonyl (C=O) groups is 1. The molecule has 1 atom stereocenters. The minimum atomic E-state index is -0.579. The van der Waals surface area contributed by atoms with E-state index in [9.17, 15) is 4.79 Å². The van der Waals surface area contributed by atoms with Gasteiger partial charge < -0.3 is 18.9 Å². The molecule has 4 heterocycles. The van der Waals surface area contributed by atoms with Gasteiger partial charge >= 0.3 is 5.97 Å². The summed E-state index contributed by atoms with van der Waals surface area (Å²) in [4.78, 5) is 28.2. The maximum Gasteiger partial charge on any atom is 0.329 e. The molecule has 1 aromatic carbocycles. The van der Waals surface area contributed by atoms with Gasteiger partial charge in [-0.3, -0.25) is 0 Å². The van der Waals surface area contributed by atoms with E-state index in [-0.39, 0.29) is 26.1 Å². The first-order valence-electron chi connectivity index (χ1n) is 12.5. The van der Waals surface area contributed by atoms with Crippen molar-refractivity contribution in [2.45, 2.75) is 58.8 Å². The van der Waals surface area contributed by atoms with Gasteiger partial charge in [0.1, 0.15) is 35.3 Å². The molecule has 1 fully saturated rings. The number of ether oxygens (including phenoxy) is 2. The number of carbonyl (C=O) groups excluding carboxylic acids is 1. The van der Waals surface area contributed by atoms with E-state index in [0.717, 1.165) is 28.7 Å². The van der Waals surface area contributed by atoms with Crippen LogP contribution >= 0.6 is 36.7 Å². The molecule has 39 heavy (non-hydrogen) atoms. The quantitative estimate of drug-likeness (QED) is 0.240. The van der Waals surface area contributed by atoms with Crippen LogP contribution in [-0.2, 0) is 16.1 Å². The molecular formula is C28H31Cl2N5O3S. The monoisotopic (exact) mass is 587 g/mol. The number of pyridine rings is 2. The van der Waals surface area contributed by atoms with Crippen molar-refractivity contribution < 1.29 is 14.3 Å². The van der Waals surface area contributed by atoms with Crippen LogP contribution in [0.2, 0.25) is 10.0 Å². The number of hydrogen-bond donors (Lipinski definition) is 0. The molecule has 1 saturated heterocycles. The van der Waals surface area contributed by atoms with Crippen LogP contribution in [0.4, 0.5) is 5.82 Å². The average Bonchev–Trinajstić information content (AvgIpc) is 3.55. The Morgan fingerprint density at radius 2 is 2.03 bits per heavy atom. The summed E-state index contributed by atoms with van der Waals surface area (Å²) in [6, 6.07) is 7.34. The molecule has 0 spiro atoms. The summed E-state index contributed by atoms with van der Waals surface area (Å²) in [6.07, 6.45) is 8.43. The van der Waals surface area contributed by atoms with Crippen LogP contribution in [0.1, 0.15) is 44.9 Å². The number of hydrogen-bond acceptors (Lipinski definition) is 7. The van der Waals surface area contributed by atoms with E-state index in [4.69, 9.17) is 37.7 Å². The van der Waals surface area contributed by atoms with Gasteiger partial charge in [-0.15, -0.1) is 0 Å². The van der Waals surface area contributed by atoms with Gasteiger partial charge in [-0.05, 0) is 52.7 Å². The highest BCUT2D eigenvalue weighted by atomic mass is 35.5. The number of rotatable bonds is 6. The summed E-state index contributed by atoms with van der Waals surface area (Å²) in [5.74, 6) is 0.815. The first-order chi connectivity index (χ1) is 18.1. The Morgan fingerprint density at radius 3 is 2.74 bits per heavy atom. The van der Waals surface area contributed by atoms with Gasteiger partial charge in [0.25, 0.3) is 0 Å². The Balaban J connectivity index is 0.00000353. The van der Waals surface area contributed by atoms with Crippen LogP contribution in [-0.4, -0.2) is 43.7 Å². The number of halogens is 2. The van der Waals surface area contributed by atoms with Crippen molar-refractivity contribution in [2.24, 2.45) is 0 Å². The second-order valence-electron chi connectivity index (χ2n) is 10.3. The molecule has 0 N–H and O–H groups in total. The van der Waals surface area contributed by atoms with Crippen LogP contribution in [0, 0.1) is 6.92 Å². The lowest BCUT2D eigenvalue weighted by molar-refractivity contribution is -0.156. The summed E-state index contributed by atoms with van der Waals surface area (Å²) in [6.45, 7) is 8.26. The van der Waals surface area contributed by atoms with E-state index in [1.54, 1.807) is 18.7 Å². The Hall–Kier alpha value is -3.01. The SMILES string of the molecule is Cc1cc(-n2ccnc2)c2cccc(OCc3c(Cl)cnc(N4CCC[C@H]4C(=O)OC(C)(C)C)c3Cl)c2n1.S. The molecule has 0 bridgehead atoms. The van der Waals surface area contributed by atoms with Crippen molar-refractivity contribution in [2.75, 3.05) is 11.4 Å². The Morgan fingerprint density at radius 1 is 1.23 bits per heavy atom. The summed E-state index contributed by atoms with van der Waals surface area (Å²) < 4.78 is 13.8. The first kappa shape index (κ1) is 29.0. The number of aromatic nitrogens is 4. The van der Waals surface area contributed by atoms with E-state index in [1.807, 2.05) is 67.6 Å². The van der Waals surface area contributed by atoms with E-state index in [2.05, 4.69) is 9.97 Å². The molecule has 11 heteroatoms. The fourth-order valence-corrected chi connectivity index (χ4v) is 5.23. The smallest absolute Gasteiger partial charge is 0.329 e. The Bertz CT molecular complexity index is 1490. The van der Waals surface area contributed by atoms with Crippen molar-refractivity contribution in [3.05, 3.63) is 70.5 Å². The van der Waals surface area contributed by atoms with Gasteiger partial charge in [-0.2, -0.15) is 13.5 Å². The van der Waals surface area contributed by atoms with Gasteiger partial charge in [0.15, 0.2) is 0 Å². The molecule has 4 aromatic rings. The van der Waals surface area contributed by atoms with E-state index >= 15 is 0 Å². The number of nitrogens with zero attached hydrogens (tertiary/aromatic N) is 5. The molecule has 0 saturated carbocycles. The molecule has 0 unspecified atom stereocenters. The second kappa shape index (κ2) is 11.6. The minimum Gasteiger partial charge on any atom is -0.487 e. The summed E-state index contributed by atoms with van der Waals surface area (Å²) in [7, 11) is 0. The van der Waals surface area contributed by atoms with Gasteiger partial charge in [0.05, 0.1) is 22.1 Å². The van der Waals surface area contributed by atoms with Gasteiger partial charge in [-0.25, -0.2) is 19.7 Å². The molecule has 206 valence electrons. The third-order valence-electron chi connectivity index (χ3n) is 6.32. The topological polar surface area (TPSA) is 82.4 Å². The van der Waals surface area contributed by atoms with Gasteiger partial charge in [-0.1, -0.05) is 35.3 Å². The number of fused-ring (bicyclic) bond motifs is 1. The molecular weight excluding hydrogens is 557 g/mol. The molecule has 0 aliphatic carbocycles. The Labute approximate surface area is 244 Å². The number of benzene rings is 1. The van der Waals surface area contributed by atoms with E-state index in [1.165, 1.54) is 0 Å². The molecule has 0 radical (unpaired) electrons. The van der Waals surface area contributed by atoms with Crippen LogP contribution in [0.15, 0.2) is 49.2 Å². The van der Waals surface area contributed by atoms with Crippen molar-refractivity contribution >= 4 is 59.4 Å². The zero-order valence-electron chi connectivity index (χ0n) is 22.2. The van der Waals surface area contributed by atoms with Gasteiger partial charge in [0.2, 0.25) is 0 Å². The number of imidazole rings is 1. The lowest BCUT2D eigenvalue weighted by Crippen LogP contribution is -2.41. The molecule has 1 aliphatic heterocycles. The molecule has 1 aliphatic rings. The second-order valence-corrected chi connectivity index (χ2v) is 11.1. The molecule has 8 nitrogen and oxygen atoms in total. The maximum atomic E-state index is 12.9. The molecule has 0 amide bonds. The highest BCUT2D eigenvalue weighted by Gasteiger charge is 2.36. The molecule has 3 aromatic heterocycles. The maximum absolute atomic E-state index is 12.9. The normalized spacial score (nSPS) is 15.3. The highest BCUT2D eigenvalue weighted by molar-refractivity contribution is 7.59. The van der Waals surface area contributed by atoms with Crippen LogP contribution < -0.4 is 9.64 Å². The van der Waals surface area contributed by atoms with E-state index < -0.39 is 11.6 Å². The number of esters is 1.